The van der Waals surface area contributed by atoms with Crippen molar-refractivity contribution >= 4 is 5.91 Å². The van der Waals surface area contributed by atoms with Crippen molar-refractivity contribution in [1.29, 1.82) is 0 Å². The van der Waals surface area contributed by atoms with Crippen LogP contribution in [-0.2, 0) is 12.8 Å². The summed E-state index contributed by atoms with van der Waals surface area (Å²) in [5.74, 6) is -0.382. The lowest BCUT2D eigenvalue weighted by Gasteiger charge is -2.42. The van der Waals surface area contributed by atoms with Crippen molar-refractivity contribution < 1.29 is 9.18 Å². The molecule has 4 rings (SSSR count). The van der Waals surface area contributed by atoms with E-state index in [1.54, 1.807) is 22.9 Å². The van der Waals surface area contributed by atoms with Crippen LogP contribution < -0.4 is 5.73 Å². The second kappa shape index (κ2) is 6.20. The lowest BCUT2D eigenvalue weighted by molar-refractivity contribution is 0.0526. The van der Waals surface area contributed by atoms with E-state index in [4.69, 9.17) is 5.73 Å². The first-order valence-corrected chi connectivity index (χ1v) is 9.29. The van der Waals surface area contributed by atoms with Crippen LogP contribution in [0.15, 0.2) is 24.3 Å². The van der Waals surface area contributed by atoms with E-state index in [2.05, 4.69) is 18.9 Å². The van der Waals surface area contributed by atoms with Gasteiger partial charge in [0, 0.05) is 30.4 Å². The monoisotopic (exact) mass is 356 g/mol. The number of carbonyl (C=O) groups excluding carboxylic acids is 1. The Morgan fingerprint density at radius 3 is 2.81 bits per heavy atom. The van der Waals surface area contributed by atoms with Gasteiger partial charge in [0.05, 0.1) is 0 Å². The van der Waals surface area contributed by atoms with Gasteiger partial charge in [-0.15, -0.1) is 0 Å². The predicted octanol–water partition coefficient (Wildman–Crippen LogP) is 2.70. The summed E-state index contributed by atoms with van der Waals surface area (Å²) in [6.45, 7) is 5.46. The van der Waals surface area contributed by atoms with Crippen molar-refractivity contribution in [3.8, 4) is 5.69 Å². The van der Waals surface area contributed by atoms with Crippen LogP contribution in [0.1, 0.15) is 48.4 Å². The molecule has 1 saturated heterocycles. The topological polar surface area (TPSA) is 64.2 Å². The number of halogens is 1. The summed E-state index contributed by atoms with van der Waals surface area (Å²) < 4.78 is 15.9. The highest BCUT2D eigenvalue weighted by molar-refractivity contribution is 5.94. The van der Waals surface area contributed by atoms with E-state index in [1.165, 1.54) is 6.07 Å². The highest BCUT2D eigenvalue weighted by Crippen LogP contribution is 2.32. The van der Waals surface area contributed by atoms with Gasteiger partial charge in [-0.3, -0.25) is 4.79 Å². The predicted molar refractivity (Wildman–Crippen MR) is 97.8 cm³/mol. The summed E-state index contributed by atoms with van der Waals surface area (Å²) in [5, 5.41) is 4.56. The molecule has 0 spiro atoms. The normalized spacial score (nSPS) is 21.7. The molecule has 2 aliphatic rings. The third-order valence-electron chi connectivity index (χ3n) is 5.81. The molecule has 2 N–H and O–H groups in total. The molecular weight excluding hydrogens is 331 g/mol. The Morgan fingerprint density at radius 1 is 1.31 bits per heavy atom. The molecule has 1 amide bonds. The number of hydrogen-bond donors (Lipinski definition) is 1. The van der Waals surface area contributed by atoms with Gasteiger partial charge in [0.2, 0.25) is 0 Å². The minimum absolute atomic E-state index is 0.0572. The molecule has 138 valence electrons. The Labute approximate surface area is 153 Å². The molecule has 1 fully saturated rings. The molecule has 5 nitrogen and oxygen atoms in total. The minimum Gasteiger partial charge on any atom is -0.337 e. The second-order valence-electron chi connectivity index (χ2n) is 8.10. The summed E-state index contributed by atoms with van der Waals surface area (Å²) >= 11 is 0. The number of nitrogens with zero attached hydrogens (tertiary/aromatic N) is 3. The molecule has 2 aromatic rings. The molecular formula is C20H25FN4O. The van der Waals surface area contributed by atoms with Crippen molar-refractivity contribution in [1.82, 2.24) is 14.7 Å². The summed E-state index contributed by atoms with van der Waals surface area (Å²) in [4.78, 5) is 15.1. The highest BCUT2D eigenvalue weighted by atomic mass is 19.1. The molecule has 2 heterocycles. The van der Waals surface area contributed by atoms with E-state index >= 15 is 0 Å². The number of rotatable bonds is 2. The number of amides is 1. The van der Waals surface area contributed by atoms with Crippen molar-refractivity contribution in [2.75, 3.05) is 13.1 Å². The number of benzene rings is 1. The van der Waals surface area contributed by atoms with Crippen LogP contribution in [0.4, 0.5) is 4.39 Å². The fourth-order valence-electron chi connectivity index (χ4n) is 4.13. The van der Waals surface area contributed by atoms with Crippen LogP contribution in [0.25, 0.3) is 5.69 Å². The van der Waals surface area contributed by atoms with Crippen LogP contribution in [0.2, 0.25) is 0 Å². The number of piperidine rings is 1. The highest BCUT2D eigenvalue weighted by Gasteiger charge is 2.38. The van der Waals surface area contributed by atoms with Crippen molar-refractivity contribution in [3.05, 3.63) is 47.0 Å². The first-order valence-electron chi connectivity index (χ1n) is 9.29. The van der Waals surface area contributed by atoms with Gasteiger partial charge in [0.15, 0.2) is 5.69 Å². The Bertz CT molecular complexity index is 857. The first kappa shape index (κ1) is 17.2. The van der Waals surface area contributed by atoms with Crippen molar-refractivity contribution in [2.24, 2.45) is 11.1 Å². The SMILES string of the molecule is CC1(C)CN(C(=O)c2nn(-c3ccccc3F)c3c2CCC3)CCC1N. The Balaban J connectivity index is 1.71. The zero-order chi connectivity index (χ0) is 18.5. The van der Waals surface area contributed by atoms with E-state index in [0.717, 1.165) is 36.9 Å². The molecule has 0 radical (unpaired) electrons. The zero-order valence-electron chi connectivity index (χ0n) is 15.3. The molecule has 0 saturated carbocycles. The lowest BCUT2D eigenvalue weighted by atomic mass is 9.79. The number of fused-ring (bicyclic) bond motifs is 1. The van der Waals surface area contributed by atoms with Gasteiger partial charge in [-0.1, -0.05) is 26.0 Å². The van der Waals surface area contributed by atoms with Gasteiger partial charge in [-0.05, 0) is 43.2 Å². The maximum absolute atomic E-state index is 14.3. The fourth-order valence-corrected chi connectivity index (χ4v) is 4.13. The minimum atomic E-state index is -0.325. The van der Waals surface area contributed by atoms with E-state index in [0.29, 0.717) is 24.5 Å². The Morgan fingerprint density at radius 2 is 2.08 bits per heavy atom. The Kier molecular flexibility index (Phi) is 4.10. The van der Waals surface area contributed by atoms with Gasteiger partial charge < -0.3 is 10.6 Å². The van der Waals surface area contributed by atoms with Crippen LogP contribution in [0.3, 0.4) is 0 Å². The van der Waals surface area contributed by atoms with Crippen LogP contribution in [-0.4, -0.2) is 39.7 Å². The van der Waals surface area contributed by atoms with E-state index < -0.39 is 0 Å². The van der Waals surface area contributed by atoms with E-state index in [9.17, 15) is 9.18 Å². The smallest absolute Gasteiger partial charge is 0.274 e. The average molecular weight is 356 g/mol. The summed E-state index contributed by atoms with van der Waals surface area (Å²) in [7, 11) is 0. The molecule has 1 aliphatic heterocycles. The van der Waals surface area contributed by atoms with Gasteiger partial charge in [-0.25, -0.2) is 9.07 Å². The molecule has 1 atom stereocenters. The number of para-hydroxylation sites is 1. The van der Waals surface area contributed by atoms with Gasteiger partial charge >= 0.3 is 0 Å². The van der Waals surface area contributed by atoms with Crippen LogP contribution in [0, 0.1) is 11.2 Å². The van der Waals surface area contributed by atoms with E-state index in [1.807, 2.05) is 4.90 Å². The number of hydrogen-bond acceptors (Lipinski definition) is 3. The van der Waals surface area contributed by atoms with Crippen molar-refractivity contribution in [2.45, 2.75) is 45.6 Å². The molecule has 0 bridgehead atoms. The molecule has 6 heteroatoms. The number of carbonyl (C=O) groups is 1. The fraction of sp³-hybridized carbons (Fsp3) is 0.500. The van der Waals surface area contributed by atoms with Crippen LogP contribution >= 0.6 is 0 Å². The van der Waals surface area contributed by atoms with E-state index in [-0.39, 0.29) is 23.2 Å². The molecule has 1 aromatic heterocycles. The maximum atomic E-state index is 14.3. The third kappa shape index (κ3) is 2.72. The Hall–Kier alpha value is -2.21. The molecule has 1 aliphatic carbocycles. The van der Waals surface area contributed by atoms with Crippen molar-refractivity contribution in [3.63, 3.8) is 0 Å². The van der Waals surface area contributed by atoms with Crippen LogP contribution in [0.5, 0.6) is 0 Å². The largest absolute Gasteiger partial charge is 0.337 e. The summed E-state index contributed by atoms with van der Waals surface area (Å²) in [6.07, 6.45) is 3.40. The number of nitrogens with two attached hydrogens (primary N) is 1. The second-order valence-corrected chi connectivity index (χ2v) is 8.10. The lowest BCUT2D eigenvalue weighted by Crippen LogP contribution is -2.54. The molecule has 26 heavy (non-hydrogen) atoms. The molecule has 1 aromatic carbocycles. The average Bonchev–Trinajstić information content (AvgIpc) is 3.20. The summed E-state index contributed by atoms with van der Waals surface area (Å²) in [5.41, 5.74) is 8.91. The first-order chi connectivity index (χ1) is 12.4. The van der Waals surface area contributed by atoms with Gasteiger partial charge in [0.1, 0.15) is 11.5 Å². The number of likely N-dealkylation sites (tertiary alicyclic amines) is 1. The zero-order valence-corrected chi connectivity index (χ0v) is 15.3. The molecule has 1 unspecified atom stereocenters. The number of aromatic nitrogens is 2. The quantitative estimate of drug-likeness (QED) is 0.900. The third-order valence-corrected chi connectivity index (χ3v) is 5.81. The van der Waals surface area contributed by atoms with Gasteiger partial charge in [-0.2, -0.15) is 5.10 Å². The maximum Gasteiger partial charge on any atom is 0.274 e. The summed E-state index contributed by atoms with van der Waals surface area (Å²) in [6, 6.07) is 6.67. The standard InChI is InChI=1S/C20H25FN4O/c1-20(2)12-24(11-10-17(20)22)19(26)18-13-6-5-9-15(13)25(23-18)16-8-4-3-7-14(16)21/h3-4,7-8,17H,5-6,9-12,22H2,1-2H3. The van der Waals surface area contributed by atoms with Gasteiger partial charge in [0.25, 0.3) is 5.91 Å².